The van der Waals surface area contributed by atoms with Crippen molar-refractivity contribution >= 4 is 5.97 Å². The summed E-state index contributed by atoms with van der Waals surface area (Å²) >= 11 is 0. The van der Waals surface area contributed by atoms with E-state index in [9.17, 15) is 9.90 Å². The molecular formula is C13H17NO2. The fourth-order valence-electron chi connectivity index (χ4n) is 2.07. The molecule has 0 bridgehead atoms. The summed E-state index contributed by atoms with van der Waals surface area (Å²) in [5.41, 5.74) is 7.87. The second-order valence-electron chi connectivity index (χ2n) is 4.75. The number of benzene rings is 1. The van der Waals surface area contributed by atoms with Crippen molar-refractivity contribution in [2.75, 3.05) is 0 Å². The highest BCUT2D eigenvalue weighted by atomic mass is 16.4. The molecule has 0 aromatic heterocycles. The standard InChI is InChI=1S/C13H17NO2/c1-8-3-4-11(7-9(8)2)13(14,12(15)16)10-5-6-10/h3-4,7,10H,5-6,14H2,1-2H3,(H,15,16). The zero-order valence-electron chi connectivity index (χ0n) is 9.66. The predicted octanol–water partition coefficient (Wildman–Crippen LogP) is 1.95. The number of carboxylic acid groups (broad SMARTS) is 1. The van der Waals surface area contributed by atoms with Gasteiger partial charge in [0.15, 0.2) is 0 Å². The zero-order chi connectivity index (χ0) is 11.9. The van der Waals surface area contributed by atoms with Crippen LogP contribution in [0.25, 0.3) is 0 Å². The van der Waals surface area contributed by atoms with E-state index >= 15 is 0 Å². The molecule has 0 heterocycles. The maximum atomic E-state index is 11.4. The molecule has 1 atom stereocenters. The largest absolute Gasteiger partial charge is 0.480 e. The van der Waals surface area contributed by atoms with Crippen LogP contribution in [0, 0.1) is 19.8 Å². The Morgan fingerprint density at radius 1 is 1.38 bits per heavy atom. The van der Waals surface area contributed by atoms with Gasteiger partial charge in [0, 0.05) is 0 Å². The van der Waals surface area contributed by atoms with Crippen LogP contribution in [0.3, 0.4) is 0 Å². The Morgan fingerprint density at radius 2 is 2.00 bits per heavy atom. The van der Waals surface area contributed by atoms with Crippen LogP contribution in [0.5, 0.6) is 0 Å². The third kappa shape index (κ3) is 1.61. The van der Waals surface area contributed by atoms with Crippen molar-refractivity contribution in [3.05, 3.63) is 34.9 Å². The lowest BCUT2D eigenvalue weighted by atomic mass is 9.84. The average molecular weight is 219 g/mol. The summed E-state index contributed by atoms with van der Waals surface area (Å²) < 4.78 is 0. The summed E-state index contributed by atoms with van der Waals surface area (Å²) in [6.45, 7) is 3.99. The quantitative estimate of drug-likeness (QED) is 0.816. The Morgan fingerprint density at radius 3 is 2.44 bits per heavy atom. The molecule has 3 N–H and O–H groups in total. The van der Waals surface area contributed by atoms with Crippen molar-refractivity contribution in [2.24, 2.45) is 11.7 Å². The molecule has 3 nitrogen and oxygen atoms in total. The number of rotatable bonds is 3. The van der Waals surface area contributed by atoms with E-state index in [2.05, 4.69) is 0 Å². The molecule has 1 saturated carbocycles. The highest BCUT2D eigenvalue weighted by Crippen LogP contribution is 2.44. The molecule has 1 fully saturated rings. The van der Waals surface area contributed by atoms with Crippen LogP contribution in [-0.4, -0.2) is 11.1 Å². The van der Waals surface area contributed by atoms with Crippen molar-refractivity contribution in [3.63, 3.8) is 0 Å². The van der Waals surface area contributed by atoms with Gasteiger partial charge in [-0.05, 0) is 49.3 Å². The van der Waals surface area contributed by atoms with E-state index < -0.39 is 11.5 Å². The van der Waals surface area contributed by atoms with Crippen molar-refractivity contribution in [2.45, 2.75) is 32.2 Å². The van der Waals surface area contributed by atoms with Crippen LogP contribution in [0.1, 0.15) is 29.5 Å². The highest BCUT2D eigenvalue weighted by molar-refractivity contribution is 5.81. The third-order valence-corrected chi connectivity index (χ3v) is 3.56. The molecule has 1 aromatic carbocycles. The van der Waals surface area contributed by atoms with E-state index in [1.54, 1.807) is 0 Å². The van der Waals surface area contributed by atoms with E-state index in [0.29, 0.717) is 0 Å². The van der Waals surface area contributed by atoms with Gasteiger partial charge in [-0.1, -0.05) is 18.2 Å². The lowest BCUT2D eigenvalue weighted by Crippen LogP contribution is -2.47. The van der Waals surface area contributed by atoms with Crippen molar-refractivity contribution in [1.82, 2.24) is 0 Å². The Balaban J connectivity index is 2.47. The number of carbonyl (C=O) groups is 1. The molecule has 0 saturated heterocycles. The maximum Gasteiger partial charge on any atom is 0.328 e. The Labute approximate surface area is 95.3 Å². The number of carboxylic acids is 1. The summed E-state index contributed by atoms with van der Waals surface area (Å²) in [6, 6.07) is 5.69. The van der Waals surface area contributed by atoms with Gasteiger partial charge in [-0.15, -0.1) is 0 Å². The number of hydrogen-bond donors (Lipinski definition) is 2. The first-order chi connectivity index (χ1) is 7.46. The maximum absolute atomic E-state index is 11.4. The van der Waals surface area contributed by atoms with Gasteiger partial charge in [0.1, 0.15) is 5.54 Å². The van der Waals surface area contributed by atoms with E-state index in [4.69, 9.17) is 5.73 Å². The molecule has 2 rings (SSSR count). The Kier molecular flexibility index (Phi) is 2.50. The molecule has 0 amide bonds. The monoisotopic (exact) mass is 219 g/mol. The molecular weight excluding hydrogens is 202 g/mol. The van der Waals surface area contributed by atoms with Crippen LogP contribution in [0.2, 0.25) is 0 Å². The molecule has 86 valence electrons. The van der Waals surface area contributed by atoms with E-state index in [1.165, 1.54) is 0 Å². The summed E-state index contributed by atoms with van der Waals surface area (Å²) in [5.74, 6) is -0.828. The number of aryl methyl sites for hydroxylation is 2. The first kappa shape index (κ1) is 11.1. The minimum atomic E-state index is -1.20. The first-order valence-corrected chi connectivity index (χ1v) is 5.56. The van der Waals surface area contributed by atoms with Gasteiger partial charge < -0.3 is 10.8 Å². The van der Waals surface area contributed by atoms with E-state index in [1.807, 2.05) is 32.0 Å². The number of aliphatic carboxylic acids is 1. The van der Waals surface area contributed by atoms with E-state index in [0.717, 1.165) is 29.5 Å². The van der Waals surface area contributed by atoms with Gasteiger partial charge in [0.05, 0.1) is 0 Å². The zero-order valence-corrected chi connectivity index (χ0v) is 9.66. The minimum Gasteiger partial charge on any atom is -0.480 e. The topological polar surface area (TPSA) is 63.3 Å². The summed E-state index contributed by atoms with van der Waals surface area (Å²) in [4.78, 5) is 11.4. The van der Waals surface area contributed by atoms with Crippen LogP contribution in [0.15, 0.2) is 18.2 Å². The van der Waals surface area contributed by atoms with Crippen molar-refractivity contribution in [1.29, 1.82) is 0 Å². The molecule has 3 heteroatoms. The Hall–Kier alpha value is -1.35. The highest BCUT2D eigenvalue weighted by Gasteiger charge is 2.49. The lowest BCUT2D eigenvalue weighted by Gasteiger charge is -2.25. The number of nitrogens with two attached hydrogens (primary N) is 1. The summed E-state index contributed by atoms with van der Waals surface area (Å²) in [7, 11) is 0. The molecule has 16 heavy (non-hydrogen) atoms. The summed E-state index contributed by atoms with van der Waals surface area (Å²) in [6.07, 6.45) is 1.82. The van der Waals surface area contributed by atoms with Gasteiger partial charge in [-0.3, -0.25) is 0 Å². The number of hydrogen-bond acceptors (Lipinski definition) is 2. The fourth-order valence-corrected chi connectivity index (χ4v) is 2.07. The molecule has 1 aliphatic carbocycles. The van der Waals surface area contributed by atoms with Gasteiger partial charge in [-0.2, -0.15) is 0 Å². The third-order valence-electron chi connectivity index (χ3n) is 3.56. The lowest BCUT2D eigenvalue weighted by molar-refractivity contribution is -0.144. The molecule has 1 unspecified atom stereocenters. The second-order valence-corrected chi connectivity index (χ2v) is 4.75. The molecule has 0 aliphatic heterocycles. The van der Waals surface area contributed by atoms with Gasteiger partial charge in [0.25, 0.3) is 0 Å². The average Bonchev–Trinajstić information content (AvgIpc) is 3.04. The van der Waals surface area contributed by atoms with Crippen LogP contribution in [0.4, 0.5) is 0 Å². The molecule has 0 spiro atoms. The first-order valence-electron chi connectivity index (χ1n) is 5.56. The molecule has 1 aliphatic rings. The van der Waals surface area contributed by atoms with Gasteiger partial charge in [-0.25, -0.2) is 4.79 Å². The van der Waals surface area contributed by atoms with E-state index in [-0.39, 0.29) is 5.92 Å². The van der Waals surface area contributed by atoms with Crippen LogP contribution >= 0.6 is 0 Å². The van der Waals surface area contributed by atoms with Crippen LogP contribution in [-0.2, 0) is 10.3 Å². The smallest absolute Gasteiger partial charge is 0.328 e. The van der Waals surface area contributed by atoms with Crippen molar-refractivity contribution in [3.8, 4) is 0 Å². The SMILES string of the molecule is Cc1ccc(C(N)(C(=O)O)C2CC2)cc1C. The fraction of sp³-hybridized carbons (Fsp3) is 0.462. The predicted molar refractivity (Wildman–Crippen MR) is 62.1 cm³/mol. The Bertz CT molecular complexity index is 438. The van der Waals surface area contributed by atoms with Gasteiger partial charge >= 0.3 is 5.97 Å². The van der Waals surface area contributed by atoms with Gasteiger partial charge in [0.2, 0.25) is 0 Å². The molecule has 0 radical (unpaired) electrons. The van der Waals surface area contributed by atoms with Crippen LogP contribution < -0.4 is 5.73 Å². The second kappa shape index (κ2) is 3.59. The van der Waals surface area contributed by atoms with Crippen molar-refractivity contribution < 1.29 is 9.90 Å². The normalized spacial score (nSPS) is 19.2. The minimum absolute atomic E-state index is 0.0899. The summed E-state index contributed by atoms with van der Waals surface area (Å²) in [5, 5.41) is 9.33. The molecule has 1 aromatic rings.